The Labute approximate surface area is 108 Å². The van der Waals surface area contributed by atoms with Gasteiger partial charge >= 0.3 is 12.5 Å². The van der Waals surface area contributed by atoms with Gasteiger partial charge in [0.15, 0.2) is 5.75 Å². The number of nitrogens with two attached hydrogens (primary N) is 1. The van der Waals surface area contributed by atoms with Crippen LogP contribution in [0.3, 0.4) is 0 Å². The number of hydrogen-bond acceptors (Lipinski definition) is 3. The lowest BCUT2D eigenvalue weighted by Crippen LogP contribution is -2.18. The first kappa shape index (κ1) is 14.2. The highest BCUT2D eigenvalue weighted by molar-refractivity contribution is 5.94. The van der Waals surface area contributed by atoms with E-state index in [1.807, 2.05) is 0 Å². The highest BCUT2D eigenvalue weighted by atomic mass is 19.4. The highest BCUT2D eigenvalue weighted by Crippen LogP contribution is 2.36. The van der Waals surface area contributed by atoms with Gasteiger partial charge in [-0.2, -0.15) is 13.2 Å². The molecular formula is C11H6F6N2O. The number of hydrogen-bond donors (Lipinski definition) is 1. The van der Waals surface area contributed by atoms with Gasteiger partial charge in [0.2, 0.25) is 0 Å². The first-order valence-corrected chi connectivity index (χ1v) is 5.10. The monoisotopic (exact) mass is 296 g/mol. The normalized spacial score (nSPS) is 12.7. The van der Waals surface area contributed by atoms with Gasteiger partial charge in [-0.25, -0.2) is 4.98 Å². The average Bonchev–Trinajstić information content (AvgIpc) is 2.26. The van der Waals surface area contributed by atoms with E-state index in [1.165, 1.54) is 12.1 Å². The maximum Gasteiger partial charge on any atom is 0.573 e. The maximum absolute atomic E-state index is 12.6. The number of para-hydroxylation sites is 1. The van der Waals surface area contributed by atoms with Crippen LogP contribution in [0.2, 0.25) is 0 Å². The molecule has 0 aliphatic heterocycles. The van der Waals surface area contributed by atoms with Gasteiger partial charge in [0.1, 0.15) is 11.2 Å². The number of nitrogen functional groups attached to an aromatic ring is 1. The number of rotatable bonds is 1. The second-order valence-electron chi connectivity index (χ2n) is 3.79. The van der Waals surface area contributed by atoms with Gasteiger partial charge in [-0.05, 0) is 12.1 Å². The molecule has 20 heavy (non-hydrogen) atoms. The van der Waals surface area contributed by atoms with Crippen molar-refractivity contribution in [1.29, 1.82) is 0 Å². The molecule has 0 atom stereocenters. The van der Waals surface area contributed by atoms with Crippen LogP contribution in [0.4, 0.5) is 32.0 Å². The van der Waals surface area contributed by atoms with Crippen LogP contribution in [0.5, 0.6) is 5.75 Å². The quantitative estimate of drug-likeness (QED) is 0.816. The molecule has 0 spiro atoms. The molecular weight excluding hydrogens is 290 g/mol. The molecule has 0 unspecified atom stereocenters. The molecule has 0 fully saturated rings. The van der Waals surface area contributed by atoms with Crippen LogP contribution in [0.1, 0.15) is 5.69 Å². The Morgan fingerprint density at radius 3 is 2.25 bits per heavy atom. The molecule has 0 bridgehead atoms. The summed E-state index contributed by atoms with van der Waals surface area (Å²) in [5.41, 5.74) is 3.08. The number of nitrogens with zero attached hydrogens (tertiary/aromatic N) is 1. The number of alkyl halides is 6. The van der Waals surface area contributed by atoms with Crippen LogP contribution in [0.25, 0.3) is 10.9 Å². The second kappa shape index (κ2) is 4.43. The van der Waals surface area contributed by atoms with Crippen molar-refractivity contribution in [1.82, 2.24) is 4.98 Å². The summed E-state index contributed by atoms with van der Waals surface area (Å²) in [6, 6.07) is 3.85. The van der Waals surface area contributed by atoms with Crippen molar-refractivity contribution < 1.29 is 31.1 Å². The van der Waals surface area contributed by atoms with E-state index < -0.39 is 29.5 Å². The Kier molecular flexibility index (Phi) is 3.15. The van der Waals surface area contributed by atoms with Gasteiger partial charge in [0.05, 0.1) is 0 Å². The summed E-state index contributed by atoms with van der Waals surface area (Å²) in [7, 11) is 0. The largest absolute Gasteiger partial charge is 0.573 e. The lowest BCUT2D eigenvalue weighted by Gasteiger charge is -2.13. The molecule has 2 rings (SSSR count). The van der Waals surface area contributed by atoms with E-state index in [9.17, 15) is 26.3 Å². The lowest BCUT2D eigenvalue weighted by molar-refractivity contribution is -0.274. The summed E-state index contributed by atoms with van der Waals surface area (Å²) < 4.78 is 78.0. The van der Waals surface area contributed by atoms with E-state index in [2.05, 4.69) is 9.72 Å². The molecule has 1 aromatic carbocycles. The number of fused-ring (bicyclic) bond motifs is 1. The predicted molar refractivity (Wildman–Crippen MR) is 57.8 cm³/mol. The lowest BCUT2D eigenvalue weighted by atomic mass is 10.1. The Balaban J connectivity index is 2.69. The summed E-state index contributed by atoms with van der Waals surface area (Å²) in [5.74, 6) is -0.840. The zero-order valence-electron chi connectivity index (χ0n) is 9.51. The van der Waals surface area contributed by atoms with Crippen molar-refractivity contribution in [2.24, 2.45) is 0 Å². The fourth-order valence-electron chi connectivity index (χ4n) is 1.60. The Hall–Kier alpha value is -2.19. The summed E-state index contributed by atoms with van der Waals surface area (Å²) in [4.78, 5) is 3.16. The molecule has 0 aliphatic carbocycles. The van der Waals surface area contributed by atoms with E-state index in [-0.39, 0.29) is 11.1 Å². The van der Waals surface area contributed by atoms with E-state index in [1.54, 1.807) is 0 Å². The molecule has 2 N–H and O–H groups in total. The smallest absolute Gasteiger partial charge is 0.403 e. The number of halogens is 6. The number of anilines is 1. The van der Waals surface area contributed by atoms with Crippen LogP contribution < -0.4 is 10.5 Å². The van der Waals surface area contributed by atoms with Gasteiger partial charge in [-0.3, -0.25) is 0 Å². The van der Waals surface area contributed by atoms with Gasteiger partial charge in [0.25, 0.3) is 0 Å². The first-order valence-electron chi connectivity index (χ1n) is 5.10. The first-order chi connectivity index (χ1) is 9.08. The Bertz CT molecular complexity index is 650. The molecule has 0 radical (unpaired) electrons. The summed E-state index contributed by atoms with van der Waals surface area (Å²) in [5, 5.41) is -0.0558. The van der Waals surface area contributed by atoms with E-state index in [0.29, 0.717) is 6.07 Å². The summed E-state index contributed by atoms with van der Waals surface area (Å²) in [6.07, 6.45) is -9.87. The van der Waals surface area contributed by atoms with Crippen molar-refractivity contribution in [2.75, 3.05) is 5.73 Å². The third kappa shape index (κ3) is 2.86. The Morgan fingerprint density at radius 1 is 1.05 bits per heavy atom. The van der Waals surface area contributed by atoms with Crippen LogP contribution in [0, 0.1) is 0 Å². The molecule has 3 nitrogen and oxygen atoms in total. The summed E-state index contributed by atoms with van der Waals surface area (Å²) >= 11 is 0. The minimum absolute atomic E-state index is 0.0558. The number of ether oxygens (including phenoxy) is 1. The van der Waals surface area contributed by atoms with Crippen molar-refractivity contribution in [3.05, 3.63) is 30.0 Å². The van der Waals surface area contributed by atoms with Crippen LogP contribution in [-0.2, 0) is 6.18 Å². The average molecular weight is 296 g/mol. The molecule has 0 saturated carbocycles. The topological polar surface area (TPSA) is 48.1 Å². The third-order valence-electron chi connectivity index (χ3n) is 2.35. The van der Waals surface area contributed by atoms with E-state index in [0.717, 1.165) is 6.07 Å². The van der Waals surface area contributed by atoms with Crippen LogP contribution >= 0.6 is 0 Å². The van der Waals surface area contributed by atoms with Crippen LogP contribution in [-0.4, -0.2) is 11.3 Å². The zero-order chi connectivity index (χ0) is 15.1. The van der Waals surface area contributed by atoms with Crippen molar-refractivity contribution >= 4 is 16.6 Å². The van der Waals surface area contributed by atoms with E-state index in [4.69, 9.17) is 5.73 Å². The predicted octanol–water partition coefficient (Wildman–Crippen LogP) is 3.73. The fourth-order valence-corrected chi connectivity index (χ4v) is 1.60. The standard InChI is InChI=1S/C11H6F6N2O/c12-10(13,14)8-4-6(18)5-2-1-3-7(9(5)19-8)20-11(15,16)17/h1-4H,(H2,18,19). The molecule has 0 saturated heterocycles. The number of benzene rings is 1. The highest BCUT2D eigenvalue weighted by Gasteiger charge is 2.35. The SMILES string of the molecule is Nc1cc(C(F)(F)F)nc2c(OC(F)(F)F)cccc12. The number of pyridine rings is 1. The van der Waals surface area contributed by atoms with Crippen molar-refractivity contribution in [3.8, 4) is 5.75 Å². The minimum atomic E-state index is -5.04. The minimum Gasteiger partial charge on any atom is -0.403 e. The number of aromatic nitrogens is 1. The van der Waals surface area contributed by atoms with Crippen molar-refractivity contribution in [2.45, 2.75) is 12.5 Å². The maximum atomic E-state index is 12.6. The molecule has 1 aromatic heterocycles. The van der Waals surface area contributed by atoms with Crippen LogP contribution in [0.15, 0.2) is 24.3 Å². The van der Waals surface area contributed by atoms with Gasteiger partial charge in [-0.1, -0.05) is 12.1 Å². The molecule has 2 aromatic rings. The molecule has 108 valence electrons. The van der Waals surface area contributed by atoms with Crippen molar-refractivity contribution in [3.63, 3.8) is 0 Å². The van der Waals surface area contributed by atoms with Gasteiger partial charge in [-0.15, -0.1) is 13.2 Å². The third-order valence-corrected chi connectivity index (χ3v) is 2.35. The molecule has 0 aliphatic rings. The molecule has 0 amide bonds. The summed E-state index contributed by atoms with van der Waals surface area (Å²) in [6.45, 7) is 0. The molecule has 9 heteroatoms. The Morgan fingerprint density at radius 2 is 1.70 bits per heavy atom. The zero-order valence-corrected chi connectivity index (χ0v) is 9.51. The molecule has 1 heterocycles. The second-order valence-corrected chi connectivity index (χ2v) is 3.79. The fraction of sp³-hybridized carbons (Fsp3) is 0.182. The van der Waals surface area contributed by atoms with E-state index >= 15 is 0 Å². The van der Waals surface area contributed by atoms with Gasteiger partial charge in [0, 0.05) is 11.1 Å². The van der Waals surface area contributed by atoms with Gasteiger partial charge < -0.3 is 10.5 Å².